The molecular formula is C20H24Cl2N3O2+. The zero-order valence-electron chi connectivity index (χ0n) is 15.5. The quantitative estimate of drug-likeness (QED) is 0.799. The number of piperazine rings is 1. The van der Waals surface area contributed by atoms with Crippen molar-refractivity contribution in [3.05, 3.63) is 52.0 Å². The van der Waals surface area contributed by atoms with E-state index in [0.717, 1.165) is 31.2 Å². The Morgan fingerprint density at radius 3 is 2.59 bits per heavy atom. The molecule has 2 aromatic carbocycles. The molecule has 0 spiro atoms. The maximum absolute atomic E-state index is 12.4. The average molecular weight is 409 g/mol. The summed E-state index contributed by atoms with van der Waals surface area (Å²) in [5.74, 6) is 0.575. The number of nitrogens with one attached hydrogen (secondary N) is 2. The number of halogens is 2. The molecule has 2 aromatic rings. The van der Waals surface area contributed by atoms with Gasteiger partial charge in [0.25, 0.3) is 5.91 Å². The van der Waals surface area contributed by atoms with Crippen molar-refractivity contribution in [1.29, 1.82) is 0 Å². The summed E-state index contributed by atoms with van der Waals surface area (Å²) in [6.07, 6.45) is 0. The summed E-state index contributed by atoms with van der Waals surface area (Å²) in [7, 11) is 1.56. The second kappa shape index (κ2) is 8.83. The van der Waals surface area contributed by atoms with E-state index in [1.807, 2.05) is 18.2 Å². The van der Waals surface area contributed by atoms with E-state index < -0.39 is 0 Å². The molecule has 1 amide bonds. The summed E-state index contributed by atoms with van der Waals surface area (Å²) >= 11 is 12.2. The van der Waals surface area contributed by atoms with Crippen LogP contribution in [0.3, 0.4) is 0 Å². The van der Waals surface area contributed by atoms with Gasteiger partial charge in [0, 0.05) is 16.4 Å². The highest BCUT2D eigenvalue weighted by atomic mass is 35.5. The molecule has 0 unspecified atom stereocenters. The number of aryl methyl sites for hydroxylation is 1. The molecule has 1 saturated heterocycles. The Morgan fingerprint density at radius 1 is 1.19 bits per heavy atom. The number of anilines is 2. The highest BCUT2D eigenvalue weighted by molar-refractivity contribution is 6.32. The SMILES string of the molecule is COc1ccc(NC(=O)C[NH+]2CCN(c3cc(Cl)ccc3C)CC2)cc1Cl. The second-order valence-electron chi connectivity index (χ2n) is 6.74. The fraction of sp³-hybridized carbons (Fsp3) is 0.350. The predicted molar refractivity (Wildman–Crippen MR) is 111 cm³/mol. The monoisotopic (exact) mass is 408 g/mol. The first-order valence-corrected chi connectivity index (χ1v) is 9.70. The Labute approximate surface area is 169 Å². The number of amides is 1. The van der Waals surface area contributed by atoms with Crippen molar-refractivity contribution < 1.29 is 14.4 Å². The van der Waals surface area contributed by atoms with Crippen LogP contribution in [-0.4, -0.2) is 45.7 Å². The molecule has 7 heteroatoms. The molecule has 27 heavy (non-hydrogen) atoms. The number of quaternary nitrogens is 1. The molecule has 144 valence electrons. The number of carbonyl (C=O) groups is 1. The lowest BCUT2D eigenvalue weighted by molar-refractivity contribution is -0.892. The van der Waals surface area contributed by atoms with Crippen molar-refractivity contribution in [1.82, 2.24) is 0 Å². The molecule has 0 aliphatic carbocycles. The lowest BCUT2D eigenvalue weighted by Crippen LogP contribution is -3.15. The minimum atomic E-state index is -0.0152. The van der Waals surface area contributed by atoms with E-state index in [1.165, 1.54) is 16.2 Å². The number of ether oxygens (including phenoxy) is 1. The Hall–Kier alpha value is -1.95. The van der Waals surface area contributed by atoms with E-state index in [9.17, 15) is 4.79 Å². The maximum atomic E-state index is 12.4. The molecule has 3 rings (SSSR count). The lowest BCUT2D eigenvalue weighted by atomic mass is 10.1. The van der Waals surface area contributed by atoms with Crippen LogP contribution in [-0.2, 0) is 4.79 Å². The molecule has 5 nitrogen and oxygen atoms in total. The van der Waals surface area contributed by atoms with Crippen molar-refractivity contribution in [2.75, 3.05) is 50.1 Å². The van der Waals surface area contributed by atoms with Crippen molar-refractivity contribution >= 4 is 40.5 Å². The lowest BCUT2D eigenvalue weighted by Gasteiger charge is -2.34. The molecule has 0 bridgehead atoms. The number of benzene rings is 2. The van der Waals surface area contributed by atoms with Crippen molar-refractivity contribution in [3.8, 4) is 5.75 Å². The van der Waals surface area contributed by atoms with Crippen molar-refractivity contribution in [2.45, 2.75) is 6.92 Å². The molecule has 0 radical (unpaired) electrons. The highest BCUT2D eigenvalue weighted by Gasteiger charge is 2.23. The van der Waals surface area contributed by atoms with Crippen LogP contribution in [0.4, 0.5) is 11.4 Å². The smallest absolute Gasteiger partial charge is 0.279 e. The first kappa shape index (κ1) is 19.8. The van der Waals surface area contributed by atoms with Crippen LogP contribution < -0.4 is 19.9 Å². The van der Waals surface area contributed by atoms with Gasteiger partial charge in [0.15, 0.2) is 6.54 Å². The Morgan fingerprint density at radius 2 is 1.93 bits per heavy atom. The van der Waals surface area contributed by atoms with Gasteiger partial charge in [0.2, 0.25) is 0 Å². The summed E-state index contributed by atoms with van der Waals surface area (Å²) in [6, 6.07) is 11.2. The zero-order valence-corrected chi connectivity index (χ0v) is 17.0. The summed E-state index contributed by atoms with van der Waals surface area (Å²) in [5, 5.41) is 4.14. The van der Waals surface area contributed by atoms with Crippen LogP contribution in [0, 0.1) is 6.92 Å². The molecule has 1 aliphatic heterocycles. The summed E-state index contributed by atoms with van der Waals surface area (Å²) in [4.78, 5) is 16.0. The van der Waals surface area contributed by atoms with Gasteiger partial charge in [-0.1, -0.05) is 29.3 Å². The minimum absolute atomic E-state index is 0.0152. The highest BCUT2D eigenvalue weighted by Crippen LogP contribution is 2.27. The normalized spacial score (nSPS) is 14.9. The summed E-state index contributed by atoms with van der Waals surface area (Å²) in [6.45, 7) is 6.14. The molecule has 0 atom stereocenters. The number of rotatable bonds is 5. The first-order chi connectivity index (χ1) is 13.0. The van der Waals surface area contributed by atoms with Gasteiger partial charge in [-0.3, -0.25) is 4.79 Å². The van der Waals surface area contributed by atoms with Gasteiger partial charge in [-0.05, 0) is 42.8 Å². The van der Waals surface area contributed by atoms with Gasteiger partial charge in [-0.25, -0.2) is 0 Å². The van der Waals surface area contributed by atoms with E-state index in [-0.39, 0.29) is 5.91 Å². The molecule has 1 aliphatic rings. The molecule has 1 heterocycles. The van der Waals surface area contributed by atoms with E-state index in [4.69, 9.17) is 27.9 Å². The van der Waals surface area contributed by atoms with Gasteiger partial charge < -0.3 is 19.9 Å². The fourth-order valence-corrected chi connectivity index (χ4v) is 3.76. The van der Waals surface area contributed by atoms with Crippen LogP contribution in [0.1, 0.15) is 5.56 Å². The number of nitrogens with zero attached hydrogens (tertiary/aromatic N) is 1. The van der Waals surface area contributed by atoms with E-state index in [2.05, 4.69) is 17.1 Å². The third kappa shape index (κ3) is 5.06. The van der Waals surface area contributed by atoms with Crippen molar-refractivity contribution in [2.24, 2.45) is 0 Å². The second-order valence-corrected chi connectivity index (χ2v) is 7.59. The van der Waals surface area contributed by atoms with E-state index >= 15 is 0 Å². The third-order valence-electron chi connectivity index (χ3n) is 4.83. The Bertz CT molecular complexity index is 821. The predicted octanol–water partition coefficient (Wildman–Crippen LogP) is 2.65. The van der Waals surface area contributed by atoms with Gasteiger partial charge in [-0.2, -0.15) is 0 Å². The van der Waals surface area contributed by atoms with Gasteiger partial charge in [-0.15, -0.1) is 0 Å². The first-order valence-electron chi connectivity index (χ1n) is 8.94. The molecule has 2 N–H and O–H groups in total. The van der Waals surface area contributed by atoms with E-state index in [1.54, 1.807) is 25.3 Å². The van der Waals surface area contributed by atoms with Crippen molar-refractivity contribution in [3.63, 3.8) is 0 Å². The van der Waals surface area contributed by atoms with Crippen LogP contribution >= 0.6 is 23.2 Å². The van der Waals surface area contributed by atoms with Crippen LogP contribution in [0.2, 0.25) is 10.0 Å². The number of hydrogen-bond donors (Lipinski definition) is 2. The fourth-order valence-electron chi connectivity index (χ4n) is 3.34. The summed E-state index contributed by atoms with van der Waals surface area (Å²) < 4.78 is 5.13. The summed E-state index contributed by atoms with van der Waals surface area (Å²) in [5.41, 5.74) is 3.08. The standard InChI is InChI=1S/C20H23Cl2N3O2/c1-14-3-4-15(21)11-18(14)25-9-7-24(8-10-25)13-20(26)23-16-5-6-19(27-2)17(22)12-16/h3-6,11-12H,7-10,13H2,1-2H3,(H,23,26)/p+1. The third-order valence-corrected chi connectivity index (χ3v) is 5.36. The van der Waals surface area contributed by atoms with Gasteiger partial charge in [0.05, 0.1) is 38.3 Å². The topological polar surface area (TPSA) is 46.0 Å². The molecule has 0 aromatic heterocycles. The zero-order chi connectivity index (χ0) is 19.4. The van der Waals surface area contributed by atoms with Crippen LogP contribution in [0.15, 0.2) is 36.4 Å². The van der Waals surface area contributed by atoms with Gasteiger partial charge >= 0.3 is 0 Å². The van der Waals surface area contributed by atoms with Crippen LogP contribution in [0.25, 0.3) is 0 Å². The van der Waals surface area contributed by atoms with Gasteiger partial charge in [0.1, 0.15) is 5.75 Å². The van der Waals surface area contributed by atoms with E-state index in [0.29, 0.717) is 23.0 Å². The minimum Gasteiger partial charge on any atom is -0.495 e. The maximum Gasteiger partial charge on any atom is 0.279 e. The Kier molecular flexibility index (Phi) is 6.47. The number of carbonyl (C=O) groups excluding carboxylic acids is 1. The molecule has 1 fully saturated rings. The molecule has 0 saturated carbocycles. The average Bonchev–Trinajstić information content (AvgIpc) is 2.64. The van der Waals surface area contributed by atoms with Crippen LogP contribution in [0.5, 0.6) is 5.75 Å². The number of methoxy groups -OCH3 is 1. The largest absolute Gasteiger partial charge is 0.495 e. The Balaban J connectivity index is 1.52. The molecular weight excluding hydrogens is 385 g/mol. The number of hydrogen-bond acceptors (Lipinski definition) is 3.